The van der Waals surface area contributed by atoms with Crippen LogP contribution in [0.5, 0.6) is 0 Å². The number of hydrogen-bond donors (Lipinski definition) is 1. The van der Waals surface area contributed by atoms with Crippen molar-refractivity contribution in [2.24, 2.45) is 0 Å². The van der Waals surface area contributed by atoms with Gasteiger partial charge in [0, 0.05) is 6.20 Å². The van der Waals surface area contributed by atoms with Crippen molar-refractivity contribution in [3.05, 3.63) is 36.4 Å². The van der Waals surface area contributed by atoms with Crippen LogP contribution in [-0.2, 0) is 0 Å². The predicted molar refractivity (Wildman–Crippen MR) is 49.8 cm³/mol. The number of rotatable bonds is 2. The molecule has 14 heavy (non-hydrogen) atoms. The van der Waals surface area contributed by atoms with E-state index < -0.39 is 6.10 Å². The molecule has 1 N–H and O–H groups in total. The van der Waals surface area contributed by atoms with E-state index in [9.17, 15) is 5.11 Å². The van der Waals surface area contributed by atoms with Gasteiger partial charge < -0.3 is 5.11 Å². The van der Waals surface area contributed by atoms with Gasteiger partial charge in [0.25, 0.3) is 0 Å². The molecular weight excluding hydrogens is 180 g/mol. The van der Waals surface area contributed by atoms with Crippen LogP contribution in [0, 0.1) is 0 Å². The highest BCUT2D eigenvalue weighted by molar-refractivity contribution is 5.26. The molecule has 5 heteroatoms. The normalized spacial score (nSPS) is 12.7. The van der Waals surface area contributed by atoms with Gasteiger partial charge in [-0.05, 0) is 19.1 Å². The van der Waals surface area contributed by atoms with Gasteiger partial charge in [0.1, 0.15) is 5.69 Å². The summed E-state index contributed by atoms with van der Waals surface area (Å²) < 4.78 is 1.58. The Labute approximate surface area is 81.0 Å². The largest absolute Gasteiger partial charge is 0.387 e. The van der Waals surface area contributed by atoms with Crippen LogP contribution in [0.3, 0.4) is 0 Å². The Morgan fingerprint density at radius 3 is 2.93 bits per heavy atom. The number of aliphatic hydroxyl groups excluding tert-OH is 1. The Balaban J connectivity index is 2.34. The van der Waals surface area contributed by atoms with E-state index in [0.717, 1.165) is 5.69 Å². The van der Waals surface area contributed by atoms with Crippen LogP contribution in [0.15, 0.2) is 30.7 Å². The third-order valence-electron chi connectivity index (χ3n) is 1.85. The zero-order chi connectivity index (χ0) is 9.97. The highest BCUT2D eigenvalue weighted by atomic mass is 16.3. The Hall–Kier alpha value is -1.75. The summed E-state index contributed by atoms with van der Waals surface area (Å²) in [4.78, 5) is 3.96. The minimum atomic E-state index is -0.597. The molecule has 5 nitrogen and oxygen atoms in total. The van der Waals surface area contributed by atoms with E-state index in [2.05, 4.69) is 15.3 Å². The quantitative estimate of drug-likeness (QED) is 0.757. The average molecular weight is 190 g/mol. The molecule has 72 valence electrons. The fourth-order valence-corrected chi connectivity index (χ4v) is 1.08. The fourth-order valence-electron chi connectivity index (χ4n) is 1.08. The second kappa shape index (κ2) is 3.55. The van der Waals surface area contributed by atoms with Crippen molar-refractivity contribution >= 4 is 0 Å². The van der Waals surface area contributed by atoms with Gasteiger partial charge >= 0.3 is 0 Å². The molecule has 0 saturated heterocycles. The maximum atomic E-state index is 9.25. The molecule has 0 fully saturated rings. The molecule has 1 unspecified atom stereocenters. The molecule has 0 amide bonds. The molecule has 2 aromatic heterocycles. The minimum Gasteiger partial charge on any atom is -0.387 e. The summed E-state index contributed by atoms with van der Waals surface area (Å²) in [6.45, 7) is 1.65. The molecule has 1 atom stereocenters. The summed E-state index contributed by atoms with van der Waals surface area (Å²) in [5.41, 5.74) is 1.38. The fraction of sp³-hybridized carbons (Fsp3) is 0.222. The zero-order valence-electron chi connectivity index (χ0n) is 7.70. The van der Waals surface area contributed by atoms with Gasteiger partial charge in [-0.25, -0.2) is 4.68 Å². The Kier molecular flexibility index (Phi) is 2.24. The average Bonchev–Trinajstić information content (AvgIpc) is 2.68. The van der Waals surface area contributed by atoms with E-state index in [1.165, 1.54) is 0 Å². The standard InChI is InChI=1S/C9H10N4O/c1-7(14)9-6-13(12-11-9)8-3-2-4-10-5-8/h2-7,14H,1H3. The summed E-state index contributed by atoms with van der Waals surface area (Å²) in [5.74, 6) is 0. The summed E-state index contributed by atoms with van der Waals surface area (Å²) in [5, 5.41) is 17.0. The molecule has 2 heterocycles. The van der Waals surface area contributed by atoms with Gasteiger partial charge in [0.05, 0.1) is 24.2 Å². The van der Waals surface area contributed by atoms with E-state index in [-0.39, 0.29) is 0 Å². The smallest absolute Gasteiger partial charge is 0.111 e. The van der Waals surface area contributed by atoms with E-state index >= 15 is 0 Å². The first-order valence-corrected chi connectivity index (χ1v) is 4.28. The lowest BCUT2D eigenvalue weighted by atomic mass is 10.3. The molecular formula is C9H10N4O. The second-order valence-corrected chi connectivity index (χ2v) is 2.98. The zero-order valence-corrected chi connectivity index (χ0v) is 7.70. The van der Waals surface area contributed by atoms with Crippen molar-refractivity contribution < 1.29 is 5.11 Å². The van der Waals surface area contributed by atoms with Crippen LogP contribution in [0.1, 0.15) is 18.7 Å². The minimum absolute atomic E-state index is 0.550. The van der Waals surface area contributed by atoms with Crippen LogP contribution in [0.4, 0.5) is 0 Å². The number of hydrogen-bond acceptors (Lipinski definition) is 4. The van der Waals surface area contributed by atoms with Crippen LogP contribution < -0.4 is 0 Å². The van der Waals surface area contributed by atoms with E-state index in [1.807, 2.05) is 12.1 Å². The second-order valence-electron chi connectivity index (χ2n) is 2.98. The monoisotopic (exact) mass is 190 g/mol. The molecule has 2 aromatic rings. The van der Waals surface area contributed by atoms with Crippen LogP contribution in [-0.4, -0.2) is 25.1 Å². The first-order chi connectivity index (χ1) is 6.77. The molecule has 0 bridgehead atoms. The van der Waals surface area contributed by atoms with Crippen molar-refractivity contribution in [1.82, 2.24) is 20.0 Å². The van der Waals surface area contributed by atoms with Crippen molar-refractivity contribution in [3.8, 4) is 5.69 Å². The molecule has 0 radical (unpaired) electrons. The van der Waals surface area contributed by atoms with Crippen molar-refractivity contribution in [2.75, 3.05) is 0 Å². The van der Waals surface area contributed by atoms with E-state index in [4.69, 9.17) is 0 Å². The van der Waals surface area contributed by atoms with Crippen molar-refractivity contribution in [3.63, 3.8) is 0 Å². The topological polar surface area (TPSA) is 63.8 Å². The van der Waals surface area contributed by atoms with Gasteiger partial charge in [0.15, 0.2) is 0 Å². The van der Waals surface area contributed by atoms with Gasteiger partial charge in [-0.3, -0.25) is 4.98 Å². The van der Waals surface area contributed by atoms with Gasteiger partial charge in [-0.1, -0.05) is 5.21 Å². The SMILES string of the molecule is CC(O)c1cn(-c2cccnc2)nn1. The number of aliphatic hydroxyl groups is 1. The maximum Gasteiger partial charge on any atom is 0.111 e. The third kappa shape index (κ3) is 1.62. The Morgan fingerprint density at radius 2 is 2.36 bits per heavy atom. The molecule has 0 aromatic carbocycles. The molecule has 0 aliphatic rings. The van der Waals surface area contributed by atoms with Crippen molar-refractivity contribution in [1.29, 1.82) is 0 Å². The van der Waals surface area contributed by atoms with E-state index in [0.29, 0.717) is 5.69 Å². The molecule has 0 aliphatic carbocycles. The summed E-state index contributed by atoms with van der Waals surface area (Å²) in [6.07, 6.45) is 4.46. The highest BCUT2D eigenvalue weighted by Crippen LogP contribution is 2.09. The lowest BCUT2D eigenvalue weighted by Crippen LogP contribution is -1.94. The highest BCUT2D eigenvalue weighted by Gasteiger charge is 2.06. The number of nitrogens with zero attached hydrogens (tertiary/aromatic N) is 4. The third-order valence-corrected chi connectivity index (χ3v) is 1.85. The van der Waals surface area contributed by atoms with Gasteiger partial charge in [0.2, 0.25) is 0 Å². The van der Waals surface area contributed by atoms with Crippen LogP contribution >= 0.6 is 0 Å². The lowest BCUT2D eigenvalue weighted by molar-refractivity contribution is 0.194. The van der Waals surface area contributed by atoms with Crippen LogP contribution in [0.2, 0.25) is 0 Å². The predicted octanol–water partition coefficient (Wildman–Crippen LogP) is 0.716. The summed E-state index contributed by atoms with van der Waals surface area (Å²) in [6, 6.07) is 3.69. The molecule has 0 aliphatic heterocycles. The van der Waals surface area contributed by atoms with Crippen molar-refractivity contribution in [2.45, 2.75) is 13.0 Å². The van der Waals surface area contributed by atoms with Gasteiger partial charge in [-0.2, -0.15) is 0 Å². The maximum absolute atomic E-state index is 9.25. The summed E-state index contributed by atoms with van der Waals surface area (Å²) >= 11 is 0. The Bertz CT molecular complexity index is 410. The van der Waals surface area contributed by atoms with Crippen LogP contribution in [0.25, 0.3) is 5.69 Å². The first-order valence-electron chi connectivity index (χ1n) is 4.28. The Morgan fingerprint density at radius 1 is 1.50 bits per heavy atom. The van der Waals surface area contributed by atoms with Gasteiger partial charge in [-0.15, -0.1) is 5.10 Å². The number of aromatic nitrogens is 4. The molecule has 2 rings (SSSR count). The molecule has 0 saturated carbocycles. The summed E-state index contributed by atoms with van der Waals surface area (Å²) in [7, 11) is 0. The number of pyridine rings is 1. The lowest BCUT2D eigenvalue weighted by Gasteiger charge is -1.97. The first kappa shape index (κ1) is 8.83. The van der Waals surface area contributed by atoms with E-state index in [1.54, 1.807) is 30.2 Å². The molecule has 0 spiro atoms.